The van der Waals surface area contributed by atoms with Crippen molar-refractivity contribution in [3.8, 4) is 0 Å². The van der Waals surface area contributed by atoms with Crippen molar-refractivity contribution in [1.82, 2.24) is 10.6 Å². The summed E-state index contributed by atoms with van der Waals surface area (Å²) < 4.78 is 37.0. The lowest BCUT2D eigenvalue weighted by Crippen LogP contribution is -2.38. The number of sulfone groups is 1. The van der Waals surface area contributed by atoms with Crippen molar-refractivity contribution < 1.29 is 12.8 Å². The van der Waals surface area contributed by atoms with Crippen molar-refractivity contribution in [2.24, 2.45) is 22.7 Å². The third-order valence-electron chi connectivity index (χ3n) is 6.03. The fourth-order valence-corrected chi connectivity index (χ4v) is 5.62. The van der Waals surface area contributed by atoms with Crippen LogP contribution < -0.4 is 10.6 Å². The summed E-state index contributed by atoms with van der Waals surface area (Å²) in [7, 11) is -3.19. The van der Waals surface area contributed by atoms with Gasteiger partial charge in [0.2, 0.25) is 0 Å². The minimum Gasteiger partial charge on any atom is -0.357 e. The maximum Gasteiger partial charge on any atom is 0.191 e. The third-order valence-corrected chi connectivity index (χ3v) is 6.87. The van der Waals surface area contributed by atoms with Gasteiger partial charge in [0.15, 0.2) is 15.8 Å². The summed E-state index contributed by atoms with van der Waals surface area (Å²) in [6.07, 6.45) is 7.95. The summed E-state index contributed by atoms with van der Waals surface area (Å²) in [6.45, 7) is 3.86. The molecule has 0 spiro atoms. The molecule has 2 aliphatic rings. The fourth-order valence-electron chi connectivity index (χ4n) is 4.78. The average Bonchev–Trinajstić information content (AvgIpc) is 3.23. The first-order valence-electron chi connectivity index (χ1n) is 10.3. The highest BCUT2D eigenvalue weighted by atomic mass is 127. The Balaban J connectivity index is 0.00000300. The number of halogens is 2. The number of aliphatic imine (C=N–C) groups is 1. The predicted molar refractivity (Wildman–Crippen MR) is 127 cm³/mol. The Labute approximate surface area is 191 Å². The molecule has 0 aliphatic heterocycles. The first-order chi connectivity index (χ1) is 13.3. The van der Waals surface area contributed by atoms with Crippen molar-refractivity contribution in [3.05, 3.63) is 35.1 Å². The monoisotopic (exact) mass is 537 g/mol. The van der Waals surface area contributed by atoms with Crippen LogP contribution in [0, 0.1) is 23.6 Å². The molecule has 2 saturated carbocycles. The lowest BCUT2D eigenvalue weighted by atomic mass is 9.86. The largest absolute Gasteiger partial charge is 0.357 e. The quantitative estimate of drug-likeness (QED) is 0.300. The predicted octanol–water partition coefficient (Wildman–Crippen LogP) is 3.87. The molecule has 3 unspecified atom stereocenters. The number of fused-ring (bicyclic) bond motifs is 2. The zero-order chi connectivity index (χ0) is 20.1. The molecule has 3 atom stereocenters. The molecule has 3 rings (SSSR count). The van der Waals surface area contributed by atoms with Crippen molar-refractivity contribution in [1.29, 1.82) is 0 Å². The van der Waals surface area contributed by atoms with Gasteiger partial charge in [-0.25, -0.2) is 17.8 Å². The highest BCUT2D eigenvalue weighted by Gasteiger charge is 2.38. The first-order valence-corrected chi connectivity index (χ1v) is 12.4. The highest BCUT2D eigenvalue weighted by Crippen LogP contribution is 2.49. The van der Waals surface area contributed by atoms with Gasteiger partial charge < -0.3 is 10.6 Å². The van der Waals surface area contributed by atoms with E-state index in [2.05, 4.69) is 15.6 Å². The van der Waals surface area contributed by atoms with Crippen molar-refractivity contribution in [2.75, 3.05) is 19.3 Å². The van der Waals surface area contributed by atoms with E-state index in [9.17, 15) is 12.8 Å². The topological polar surface area (TPSA) is 70.6 Å². The number of rotatable bonds is 8. The van der Waals surface area contributed by atoms with Gasteiger partial charge in [-0.05, 0) is 73.6 Å². The minimum atomic E-state index is -3.19. The van der Waals surface area contributed by atoms with E-state index in [4.69, 9.17) is 0 Å². The Morgan fingerprint density at radius 3 is 2.62 bits per heavy atom. The van der Waals surface area contributed by atoms with E-state index in [1.54, 1.807) is 0 Å². The summed E-state index contributed by atoms with van der Waals surface area (Å²) in [5.74, 6) is 2.91. The molecule has 0 heterocycles. The maximum absolute atomic E-state index is 13.7. The van der Waals surface area contributed by atoms with Gasteiger partial charge in [0.05, 0.1) is 12.3 Å². The second kappa shape index (κ2) is 10.9. The van der Waals surface area contributed by atoms with E-state index in [1.807, 2.05) is 6.92 Å². The Morgan fingerprint density at radius 2 is 2.00 bits per heavy atom. The van der Waals surface area contributed by atoms with Crippen LogP contribution in [0.3, 0.4) is 0 Å². The Kier molecular flexibility index (Phi) is 9.18. The smallest absolute Gasteiger partial charge is 0.191 e. The molecule has 2 fully saturated rings. The second-order valence-corrected chi connectivity index (χ2v) is 10.5. The van der Waals surface area contributed by atoms with Gasteiger partial charge in [-0.2, -0.15) is 0 Å². The third kappa shape index (κ3) is 7.38. The van der Waals surface area contributed by atoms with Crippen LogP contribution in [0.5, 0.6) is 0 Å². The van der Waals surface area contributed by atoms with Crippen LogP contribution in [0.2, 0.25) is 0 Å². The van der Waals surface area contributed by atoms with Gasteiger partial charge in [0.1, 0.15) is 5.82 Å². The fraction of sp³-hybridized carbons (Fsp3) is 0.667. The number of hydrogen-bond donors (Lipinski definition) is 2. The SMILES string of the molecule is CCNC(=NCc1cc(F)ccc1CS(C)(=O)=O)NCCC1CC2CCC1C2.I. The maximum atomic E-state index is 13.7. The molecule has 29 heavy (non-hydrogen) atoms. The molecular weight excluding hydrogens is 504 g/mol. The van der Waals surface area contributed by atoms with E-state index in [0.29, 0.717) is 17.1 Å². The summed E-state index contributed by atoms with van der Waals surface area (Å²) in [5.41, 5.74) is 1.21. The van der Waals surface area contributed by atoms with Gasteiger partial charge in [0.25, 0.3) is 0 Å². The standard InChI is InChI=1S/C21H32FN3O2S.HI/c1-3-23-21(24-9-8-17-11-15-4-5-16(17)10-15)25-13-19-12-20(22)7-6-18(19)14-28(2,26)27;/h6-7,12,15-17H,3-5,8-11,13-14H2,1-2H3,(H2,23,24,25);1H. The summed E-state index contributed by atoms with van der Waals surface area (Å²) in [6, 6.07) is 4.21. The van der Waals surface area contributed by atoms with Crippen LogP contribution in [0.15, 0.2) is 23.2 Å². The van der Waals surface area contributed by atoms with Gasteiger partial charge in [-0.15, -0.1) is 24.0 Å². The molecule has 1 aromatic rings. The summed E-state index contributed by atoms with van der Waals surface area (Å²) >= 11 is 0. The molecule has 8 heteroatoms. The normalized spacial score (nSPS) is 23.7. The Hall–Kier alpha value is -0.900. The van der Waals surface area contributed by atoms with Crippen LogP contribution in [0.25, 0.3) is 0 Å². The molecule has 0 radical (unpaired) electrons. The zero-order valence-corrected chi connectivity index (χ0v) is 20.4. The van der Waals surface area contributed by atoms with Crippen molar-refractivity contribution in [3.63, 3.8) is 0 Å². The molecule has 0 aromatic heterocycles. The summed E-state index contributed by atoms with van der Waals surface area (Å²) in [4.78, 5) is 4.56. The molecule has 2 N–H and O–H groups in total. The van der Waals surface area contributed by atoms with E-state index >= 15 is 0 Å². The molecule has 164 valence electrons. The molecular formula is C21H33FIN3O2S. The zero-order valence-electron chi connectivity index (χ0n) is 17.3. The number of nitrogens with one attached hydrogen (secondary N) is 2. The van der Waals surface area contributed by atoms with Crippen LogP contribution in [-0.4, -0.2) is 33.7 Å². The van der Waals surface area contributed by atoms with Crippen molar-refractivity contribution >= 4 is 39.8 Å². The first kappa shape index (κ1) is 24.4. The second-order valence-electron chi connectivity index (χ2n) is 8.33. The summed E-state index contributed by atoms with van der Waals surface area (Å²) in [5, 5.41) is 6.61. The average molecular weight is 537 g/mol. The van der Waals surface area contributed by atoms with Gasteiger partial charge in [-0.3, -0.25) is 0 Å². The van der Waals surface area contributed by atoms with Gasteiger partial charge >= 0.3 is 0 Å². The molecule has 0 saturated heterocycles. The molecule has 0 amide bonds. The molecule has 1 aromatic carbocycles. The minimum absolute atomic E-state index is 0. The Bertz CT molecular complexity index is 816. The van der Waals surface area contributed by atoms with Gasteiger partial charge in [0, 0.05) is 19.3 Å². The number of guanidine groups is 1. The highest BCUT2D eigenvalue weighted by molar-refractivity contribution is 14.0. The Morgan fingerprint density at radius 1 is 1.21 bits per heavy atom. The van der Waals surface area contributed by atoms with Crippen LogP contribution >= 0.6 is 24.0 Å². The lowest BCUT2D eigenvalue weighted by Gasteiger charge is -2.22. The van der Waals surface area contributed by atoms with E-state index < -0.39 is 9.84 Å². The van der Waals surface area contributed by atoms with E-state index in [-0.39, 0.29) is 42.1 Å². The van der Waals surface area contributed by atoms with Crippen LogP contribution in [-0.2, 0) is 22.1 Å². The molecule has 2 aliphatic carbocycles. The molecule has 2 bridgehead atoms. The van der Waals surface area contributed by atoms with Crippen LogP contribution in [0.1, 0.15) is 50.2 Å². The number of nitrogens with zero attached hydrogens (tertiary/aromatic N) is 1. The number of benzene rings is 1. The molecule has 5 nitrogen and oxygen atoms in total. The lowest BCUT2D eigenvalue weighted by molar-refractivity contribution is 0.315. The van der Waals surface area contributed by atoms with Crippen molar-refractivity contribution in [2.45, 2.75) is 51.3 Å². The van der Waals surface area contributed by atoms with Crippen LogP contribution in [0.4, 0.5) is 4.39 Å². The van der Waals surface area contributed by atoms with E-state index in [0.717, 1.165) is 37.3 Å². The number of hydrogen-bond acceptors (Lipinski definition) is 3. The van der Waals surface area contributed by atoms with E-state index in [1.165, 1.54) is 50.1 Å². The van der Waals surface area contributed by atoms with Gasteiger partial charge in [-0.1, -0.05) is 12.5 Å².